The van der Waals surface area contributed by atoms with Gasteiger partial charge in [-0.2, -0.15) is 4.31 Å². The van der Waals surface area contributed by atoms with Gasteiger partial charge in [-0.25, -0.2) is 8.42 Å². The molecule has 27 heavy (non-hydrogen) atoms. The molecule has 0 radical (unpaired) electrons. The summed E-state index contributed by atoms with van der Waals surface area (Å²) in [5.41, 5.74) is 1.72. The van der Waals surface area contributed by atoms with Gasteiger partial charge in [-0.15, -0.1) is 0 Å². The van der Waals surface area contributed by atoms with E-state index in [1.54, 1.807) is 37.4 Å². The Balaban J connectivity index is 1.66. The highest BCUT2D eigenvalue weighted by molar-refractivity contribution is 7.89. The SMILES string of the molecule is COCc1ccc(NC(=O)[C@H]2CCCN(S(=O)(=O)c3ccccc3)C2)cc1. The van der Waals surface area contributed by atoms with Crippen LogP contribution in [0.2, 0.25) is 0 Å². The van der Waals surface area contributed by atoms with Crippen molar-refractivity contribution < 1.29 is 17.9 Å². The quantitative estimate of drug-likeness (QED) is 0.826. The summed E-state index contributed by atoms with van der Waals surface area (Å²) in [7, 11) is -1.94. The second kappa shape index (κ2) is 8.65. The second-order valence-electron chi connectivity index (χ2n) is 6.63. The number of piperidine rings is 1. The number of carbonyl (C=O) groups is 1. The molecule has 1 heterocycles. The zero-order chi connectivity index (χ0) is 19.3. The fourth-order valence-electron chi connectivity index (χ4n) is 3.21. The average molecular weight is 388 g/mol. The lowest BCUT2D eigenvalue weighted by Crippen LogP contribution is -2.43. The molecule has 0 aliphatic carbocycles. The number of hydrogen-bond donors (Lipinski definition) is 1. The van der Waals surface area contributed by atoms with Gasteiger partial charge >= 0.3 is 0 Å². The number of methoxy groups -OCH3 is 1. The molecular weight excluding hydrogens is 364 g/mol. The molecule has 0 bridgehead atoms. The summed E-state index contributed by atoms with van der Waals surface area (Å²) in [6, 6.07) is 15.8. The number of benzene rings is 2. The number of hydrogen-bond acceptors (Lipinski definition) is 4. The van der Waals surface area contributed by atoms with Crippen LogP contribution in [-0.4, -0.2) is 38.8 Å². The third kappa shape index (κ3) is 4.74. The van der Waals surface area contributed by atoms with Crippen molar-refractivity contribution in [1.29, 1.82) is 0 Å². The Kier molecular flexibility index (Phi) is 6.26. The predicted octanol–water partition coefficient (Wildman–Crippen LogP) is 2.87. The van der Waals surface area contributed by atoms with Crippen LogP contribution < -0.4 is 5.32 Å². The number of amides is 1. The summed E-state index contributed by atoms with van der Waals surface area (Å²) in [5.74, 6) is -0.515. The largest absolute Gasteiger partial charge is 0.380 e. The standard InChI is InChI=1S/C20H24N2O4S/c1-26-15-16-9-11-18(12-10-16)21-20(23)17-6-5-13-22(14-17)27(24,25)19-7-3-2-4-8-19/h2-4,7-12,17H,5-6,13-15H2,1H3,(H,21,23)/t17-/m0/s1. The Labute approximate surface area is 160 Å². The smallest absolute Gasteiger partial charge is 0.243 e. The lowest BCUT2D eigenvalue weighted by atomic mass is 9.98. The number of anilines is 1. The molecule has 1 aliphatic rings. The molecule has 2 aromatic carbocycles. The van der Waals surface area contributed by atoms with E-state index < -0.39 is 10.0 Å². The van der Waals surface area contributed by atoms with Crippen LogP contribution in [0.5, 0.6) is 0 Å². The Morgan fingerprint density at radius 2 is 1.85 bits per heavy atom. The molecule has 6 nitrogen and oxygen atoms in total. The van der Waals surface area contributed by atoms with Crippen molar-refractivity contribution in [2.45, 2.75) is 24.3 Å². The minimum atomic E-state index is -3.57. The minimum absolute atomic E-state index is 0.151. The van der Waals surface area contributed by atoms with Gasteiger partial charge in [0.1, 0.15) is 0 Å². The van der Waals surface area contributed by atoms with E-state index in [1.165, 1.54) is 4.31 Å². The molecule has 1 aliphatic heterocycles. The lowest BCUT2D eigenvalue weighted by molar-refractivity contribution is -0.120. The number of sulfonamides is 1. The number of ether oxygens (including phenoxy) is 1. The summed E-state index contributed by atoms with van der Waals surface area (Å²) in [4.78, 5) is 12.9. The van der Waals surface area contributed by atoms with Crippen LogP contribution in [0.3, 0.4) is 0 Å². The monoisotopic (exact) mass is 388 g/mol. The number of nitrogens with one attached hydrogen (secondary N) is 1. The summed E-state index contributed by atoms with van der Waals surface area (Å²) in [5, 5.41) is 2.89. The van der Waals surface area contributed by atoms with Crippen molar-refractivity contribution in [3.05, 3.63) is 60.2 Å². The fraction of sp³-hybridized carbons (Fsp3) is 0.350. The van der Waals surface area contributed by atoms with Gasteiger partial charge in [0.15, 0.2) is 0 Å². The van der Waals surface area contributed by atoms with Crippen LogP contribution in [-0.2, 0) is 26.2 Å². The van der Waals surface area contributed by atoms with Crippen LogP contribution in [0.1, 0.15) is 18.4 Å². The molecule has 2 aromatic rings. The van der Waals surface area contributed by atoms with Gasteiger partial charge in [-0.3, -0.25) is 4.79 Å². The molecule has 0 saturated carbocycles. The van der Waals surface area contributed by atoms with Gasteiger partial charge in [0.05, 0.1) is 17.4 Å². The molecule has 0 aromatic heterocycles. The Morgan fingerprint density at radius 1 is 1.15 bits per heavy atom. The summed E-state index contributed by atoms with van der Waals surface area (Å²) >= 11 is 0. The molecule has 0 spiro atoms. The van der Waals surface area contributed by atoms with Gasteiger partial charge in [0.25, 0.3) is 0 Å². The first-order chi connectivity index (χ1) is 13.0. The predicted molar refractivity (Wildman–Crippen MR) is 104 cm³/mol. The lowest BCUT2D eigenvalue weighted by Gasteiger charge is -2.31. The maximum Gasteiger partial charge on any atom is 0.243 e. The molecular formula is C20H24N2O4S. The van der Waals surface area contributed by atoms with Crippen molar-refractivity contribution in [2.24, 2.45) is 5.92 Å². The third-order valence-corrected chi connectivity index (χ3v) is 6.55. The zero-order valence-electron chi connectivity index (χ0n) is 15.3. The van der Waals surface area contributed by atoms with E-state index in [0.29, 0.717) is 31.7 Å². The third-order valence-electron chi connectivity index (χ3n) is 4.67. The molecule has 3 rings (SSSR count). The van der Waals surface area contributed by atoms with Crippen molar-refractivity contribution in [2.75, 3.05) is 25.5 Å². The van der Waals surface area contributed by atoms with Gasteiger partial charge in [-0.1, -0.05) is 30.3 Å². The van der Waals surface area contributed by atoms with Crippen molar-refractivity contribution in [3.63, 3.8) is 0 Å². The summed E-state index contributed by atoms with van der Waals surface area (Å²) in [6.45, 7) is 1.15. The fourth-order valence-corrected chi connectivity index (χ4v) is 4.76. The molecule has 1 atom stereocenters. The van der Waals surface area contributed by atoms with Crippen LogP contribution in [0.15, 0.2) is 59.5 Å². The highest BCUT2D eigenvalue weighted by atomic mass is 32.2. The van der Waals surface area contributed by atoms with Gasteiger partial charge in [-0.05, 0) is 42.7 Å². The molecule has 7 heteroatoms. The van der Waals surface area contributed by atoms with Crippen LogP contribution in [0.4, 0.5) is 5.69 Å². The van der Waals surface area contributed by atoms with Crippen LogP contribution in [0.25, 0.3) is 0 Å². The molecule has 0 unspecified atom stereocenters. The van der Waals surface area contributed by atoms with Gasteiger partial charge in [0.2, 0.25) is 15.9 Å². The maximum atomic E-state index is 12.8. The van der Waals surface area contributed by atoms with E-state index in [0.717, 1.165) is 5.56 Å². The Morgan fingerprint density at radius 3 is 2.52 bits per heavy atom. The average Bonchev–Trinajstić information content (AvgIpc) is 2.70. The normalized spacial score (nSPS) is 18.2. The molecule has 1 N–H and O–H groups in total. The summed E-state index contributed by atoms with van der Waals surface area (Å²) < 4.78 is 32.1. The number of rotatable bonds is 6. The zero-order valence-corrected chi connectivity index (χ0v) is 16.1. The van der Waals surface area contributed by atoms with Gasteiger partial charge < -0.3 is 10.1 Å². The summed E-state index contributed by atoms with van der Waals surface area (Å²) in [6.07, 6.45) is 1.34. The van der Waals surface area contributed by atoms with Crippen LogP contribution in [0, 0.1) is 5.92 Å². The molecule has 144 valence electrons. The molecule has 1 saturated heterocycles. The topological polar surface area (TPSA) is 75.7 Å². The number of nitrogens with zero attached hydrogens (tertiary/aromatic N) is 1. The second-order valence-corrected chi connectivity index (χ2v) is 8.57. The van der Waals surface area contributed by atoms with Crippen molar-refractivity contribution >= 4 is 21.6 Å². The van der Waals surface area contributed by atoms with E-state index >= 15 is 0 Å². The van der Waals surface area contributed by atoms with E-state index in [2.05, 4.69) is 5.32 Å². The number of carbonyl (C=O) groups excluding carboxylic acids is 1. The molecule has 1 amide bonds. The minimum Gasteiger partial charge on any atom is -0.380 e. The highest BCUT2D eigenvalue weighted by Crippen LogP contribution is 2.24. The first-order valence-electron chi connectivity index (χ1n) is 8.94. The van der Waals surface area contributed by atoms with E-state index in [9.17, 15) is 13.2 Å². The first-order valence-corrected chi connectivity index (χ1v) is 10.4. The van der Waals surface area contributed by atoms with E-state index in [1.807, 2.05) is 24.3 Å². The van der Waals surface area contributed by atoms with Crippen molar-refractivity contribution in [3.8, 4) is 0 Å². The maximum absolute atomic E-state index is 12.8. The van der Waals surface area contributed by atoms with Crippen LogP contribution >= 0.6 is 0 Å². The Hall–Kier alpha value is -2.22. The molecule has 1 fully saturated rings. The van der Waals surface area contributed by atoms with E-state index in [4.69, 9.17) is 4.74 Å². The Bertz CT molecular complexity index is 867. The first kappa shape index (κ1) is 19.5. The van der Waals surface area contributed by atoms with Crippen molar-refractivity contribution in [1.82, 2.24) is 4.31 Å². The van der Waals surface area contributed by atoms with E-state index in [-0.39, 0.29) is 23.3 Å². The highest BCUT2D eigenvalue weighted by Gasteiger charge is 2.33. The van der Waals surface area contributed by atoms with Gasteiger partial charge in [0, 0.05) is 25.9 Å².